The van der Waals surface area contributed by atoms with Gasteiger partial charge in [-0.2, -0.15) is 13.2 Å². The third-order valence-corrected chi connectivity index (χ3v) is 18.6. The first-order chi connectivity index (χ1) is 37.5. The molecule has 5 amide bonds. The number of nitrogens with one attached hydrogen (secondary N) is 3. The molecule has 0 unspecified atom stereocenters. The lowest BCUT2D eigenvalue weighted by molar-refractivity contribution is -0.146. The number of alkyl halides is 3. The Morgan fingerprint density at radius 3 is 2.37 bits per heavy atom. The van der Waals surface area contributed by atoms with E-state index in [1.54, 1.807) is 29.2 Å². The van der Waals surface area contributed by atoms with Gasteiger partial charge in [0.05, 0.1) is 36.2 Å². The molecule has 4 aliphatic carbocycles. The Hall–Kier alpha value is -4.98. The number of carbonyl (C=O) groups is 5. The van der Waals surface area contributed by atoms with Crippen LogP contribution in [0.25, 0.3) is 0 Å². The summed E-state index contributed by atoms with van der Waals surface area (Å²) in [7, 11) is 1.73. The number of ether oxygens (including phenoxy) is 2. The minimum atomic E-state index is -4.51. The Morgan fingerprint density at radius 1 is 0.910 bits per heavy atom. The van der Waals surface area contributed by atoms with Gasteiger partial charge in [0.15, 0.2) is 0 Å². The highest BCUT2D eigenvalue weighted by Crippen LogP contribution is 2.51. The van der Waals surface area contributed by atoms with Gasteiger partial charge in [-0.3, -0.25) is 38.8 Å². The maximum absolute atomic E-state index is 14.7. The molecule has 0 spiro atoms. The normalized spacial score (nSPS) is 26.9. The number of carbonyl (C=O) groups excluding carboxylic acids is 5. The molecule has 3 aromatic rings. The van der Waals surface area contributed by atoms with Gasteiger partial charge >= 0.3 is 6.18 Å². The Morgan fingerprint density at radius 2 is 1.65 bits per heavy atom. The van der Waals surface area contributed by atoms with Crippen LogP contribution in [0, 0.1) is 35.0 Å². The summed E-state index contributed by atoms with van der Waals surface area (Å²) in [5.41, 5.74) is 3.11. The standard InChI is InChI=1S/C59H78BrF3N8O7/c1-37(2)58(57(76)70-23-16-50-43(34-70)26-44(33-67-50)59(61,62)63)18-15-47(31-58)71(51-14-11-40-27-45(60)12-13-48(40)51)22-5-20-65-55(74)42-28-46(29-42)68-52(72)17-24-77-35-38-7-9-39(10-8-38)36-78-25-21-66-56(75)49-30-53(73)69(3)54(49)41-6-4-19-64-32-41/h4,6,12-13,19,26-27,32-33,37-39,42,46-47,49,51,54H,5,7-11,14-18,20-25,28-31,34-36H2,1-3H3,(H,65,74)(H,66,75)(H,68,72)/t38?,39?,42?,46?,47-,49+,51-,54-,58+/m1/s1. The van der Waals surface area contributed by atoms with Crippen molar-refractivity contribution in [2.24, 2.45) is 35.0 Å². The first-order valence-corrected chi connectivity index (χ1v) is 29.3. The highest BCUT2D eigenvalue weighted by atomic mass is 79.9. The molecule has 15 nitrogen and oxygen atoms in total. The van der Waals surface area contributed by atoms with Crippen molar-refractivity contribution in [1.82, 2.24) is 40.6 Å². The molecular weight excluding hydrogens is 1070 g/mol. The Bertz CT molecular complexity index is 2600. The summed E-state index contributed by atoms with van der Waals surface area (Å²) in [6.45, 7) is 8.39. The van der Waals surface area contributed by atoms with Crippen LogP contribution in [-0.4, -0.2) is 126 Å². The molecule has 9 rings (SSSR count). The van der Waals surface area contributed by atoms with Crippen LogP contribution in [0.4, 0.5) is 13.2 Å². The van der Waals surface area contributed by atoms with E-state index in [1.807, 2.05) is 12.1 Å². The predicted octanol–water partition coefficient (Wildman–Crippen LogP) is 8.29. The van der Waals surface area contributed by atoms with E-state index in [0.717, 1.165) is 80.2 Å². The third-order valence-electron chi connectivity index (χ3n) is 18.1. The fourth-order valence-corrected chi connectivity index (χ4v) is 13.9. The lowest BCUT2D eigenvalue weighted by Gasteiger charge is -2.41. The number of amides is 5. The number of fused-ring (bicyclic) bond motifs is 2. The zero-order valence-corrected chi connectivity index (χ0v) is 47.1. The number of hydrogen-bond donors (Lipinski definition) is 3. The lowest BCUT2D eigenvalue weighted by atomic mass is 9.73. The van der Waals surface area contributed by atoms with Crippen molar-refractivity contribution in [1.29, 1.82) is 0 Å². The minimum Gasteiger partial charge on any atom is -0.381 e. The molecule has 5 atom stereocenters. The molecule has 1 saturated heterocycles. The quantitative estimate of drug-likeness (QED) is 0.0831. The van der Waals surface area contributed by atoms with Crippen LogP contribution in [0.5, 0.6) is 0 Å². The fourth-order valence-electron chi connectivity index (χ4n) is 13.5. The zero-order valence-electron chi connectivity index (χ0n) is 45.5. The molecule has 3 saturated carbocycles. The molecule has 4 fully saturated rings. The van der Waals surface area contributed by atoms with Gasteiger partial charge < -0.3 is 35.2 Å². The van der Waals surface area contributed by atoms with Gasteiger partial charge in [-0.1, -0.05) is 41.9 Å². The van der Waals surface area contributed by atoms with Crippen LogP contribution < -0.4 is 16.0 Å². The van der Waals surface area contributed by atoms with E-state index in [1.165, 1.54) is 11.1 Å². The van der Waals surface area contributed by atoms with Crippen LogP contribution in [0.15, 0.2) is 59.5 Å². The molecule has 2 aromatic heterocycles. The van der Waals surface area contributed by atoms with Crippen molar-refractivity contribution in [3.05, 3.63) is 93.0 Å². The second-order valence-electron chi connectivity index (χ2n) is 23.3. The van der Waals surface area contributed by atoms with E-state index in [0.29, 0.717) is 101 Å². The summed E-state index contributed by atoms with van der Waals surface area (Å²) in [4.78, 5) is 80.6. The Labute approximate surface area is 465 Å². The summed E-state index contributed by atoms with van der Waals surface area (Å²) in [6.07, 6.45) is 10.8. The zero-order chi connectivity index (χ0) is 55.1. The van der Waals surface area contributed by atoms with Crippen LogP contribution >= 0.6 is 15.9 Å². The van der Waals surface area contributed by atoms with Gasteiger partial charge in [0.2, 0.25) is 29.5 Å². The first-order valence-electron chi connectivity index (χ1n) is 28.5. The lowest BCUT2D eigenvalue weighted by Crippen LogP contribution is -2.50. The van der Waals surface area contributed by atoms with Gasteiger partial charge in [0.25, 0.3) is 0 Å². The second kappa shape index (κ2) is 25.6. The molecule has 1 aromatic carbocycles. The van der Waals surface area contributed by atoms with Crippen LogP contribution in [0.2, 0.25) is 0 Å². The van der Waals surface area contributed by atoms with E-state index in [2.05, 4.69) is 78.8 Å². The maximum atomic E-state index is 14.7. The van der Waals surface area contributed by atoms with Crippen molar-refractivity contribution in [3.8, 4) is 0 Å². The summed E-state index contributed by atoms with van der Waals surface area (Å²) in [5.74, 6) is 0.0488. The van der Waals surface area contributed by atoms with Crippen molar-refractivity contribution >= 4 is 45.5 Å². The van der Waals surface area contributed by atoms with Gasteiger partial charge in [0, 0.05) is 125 Å². The number of hydrogen-bond acceptors (Lipinski definition) is 10. The van der Waals surface area contributed by atoms with Crippen LogP contribution in [0.3, 0.4) is 0 Å². The average molecular weight is 1150 g/mol. The van der Waals surface area contributed by atoms with Gasteiger partial charge in [-0.15, -0.1) is 0 Å². The number of aryl methyl sites for hydroxylation is 1. The Kier molecular flexibility index (Phi) is 19.0. The van der Waals surface area contributed by atoms with E-state index in [9.17, 15) is 37.1 Å². The van der Waals surface area contributed by atoms with Gasteiger partial charge in [0.1, 0.15) is 0 Å². The van der Waals surface area contributed by atoms with Crippen LogP contribution in [0.1, 0.15) is 143 Å². The third kappa shape index (κ3) is 13.6. The summed E-state index contributed by atoms with van der Waals surface area (Å²) in [5, 5.41) is 9.23. The van der Waals surface area contributed by atoms with Crippen molar-refractivity contribution in [3.63, 3.8) is 0 Å². The van der Waals surface area contributed by atoms with E-state index < -0.39 is 23.1 Å². The van der Waals surface area contributed by atoms with E-state index >= 15 is 0 Å². The smallest absolute Gasteiger partial charge is 0.381 e. The van der Waals surface area contributed by atoms with Crippen molar-refractivity contribution in [2.75, 3.05) is 59.7 Å². The van der Waals surface area contributed by atoms with E-state index in [4.69, 9.17) is 9.47 Å². The number of rotatable bonds is 22. The molecule has 6 aliphatic rings. The summed E-state index contributed by atoms with van der Waals surface area (Å²) < 4.78 is 53.9. The Balaban J connectivity index is 0.651. The van der Waals surface area contributed by atoms with Gasteiger partial charge in [-0.25, -0.2) is 0 Å². The number of benzene rings is 1. The van der Waals surface area contributed by atoms with Crippen LogP contribution in [-0.2, 0) is 59.0 Å². The number of pyridine rings is 2. The average Bonchev–Trinajstić information content (AvgIpc) is 4.19. The summed E-state index contributed by atoms with van der Waals surface area (Å²) in [6, 6.07) is 11.3. The second-order valence-corrected chi connectivity index (χ2v) is 24.3. The minimum absolute atomic E-state index is 0.00504. The fraction of sp³-hybridized carbons (Fsp3) is 0.644. The number of likely N-dealkylation sites (tertiary alicyclic amines) is 1. The molecule has 0 radical (unpaired) electrons. The van der Waals surface area contributed by atoms with Crippen molar-refractivity contribution in [2.45, 2.75) is 147 Å². The first kappa shape index (κ1) is 57.7. The molecular formula is C59H78BrF3N8O7. The monoisotopic (exact) mass is 1150 g/mol. The molecule has 0 bridgehead atoms. The maximum Gasteiger partial charge on any atom is 0.417 e. The topological polar surface area (TPSA) is 175 Å². The molecule has 4 heterocycles. The number of aromatic nitrogens is 2. The predicted molar refractivity (Wildman–Crippen MR) is 290 cm³/mol. The van der Waals surface area contributed by atoms with Gasteiger partial charge in [-0.05, 0) is 141 Å². The largest absolute Gasteiger partial charge is 0.417 e. The highest BCUT2D eigenvalue weighted by molar-refractivity contribution is 9.10. The molecule has 19 heteroatoms. The highest BCUT2D eigenvalue weighted by Gasteiger charge is 2.52. The number of nitrogens with zero attached hydrogens (tertiary/aromatic N) is 5. The summed E-state index contributed by atoms with van der Waals surface area (Å²) >= 11 is 3.65. The molecule has 3 N–H and O–H groups in total. The SMILES string of the molecule is CC(C)[C@]1(C(=O)N2CCc3ncc(C(F)(F)F)cc3C2)CC[C@@H](N(CCCNC(=O)C2CC(NC(=O)CCOCC3CCC(COCCNC(=O)[C@H]4CC(=O)N(C)[C@@H]4c4cccnc4)CC3)C2)[C@@H]2CCc3cc(Br)ccc32)C1. The number of halogens is 4. The molecule has 78 heavy (non-hydrogen) atoms. The molecule has 424 valence electrons. The molecule has 2 aliphatic heterocycles. The van der Waals surface area contributed by atoms with Crippen molar-refractivity contribution < 1.29 is 46.6 Å². The van der Waals surface area contributed by atoms with E-state index in [-0.39, 0.29) is 84.9 Å².